The van der Waals surface area contributed by atoms with E-state index in [0.717, 1.165) is 39.1 Å². The van der Waals surface area contributed by atoms with Gasteiger partial charge < -0.3 is 15.6 Å². The number of fused-ring (bicyclic) bond motifs is 1. The molecule has 4 nitrogen and oxygen atoms in total. The van der Waals surface area contributed by atoms with Gasteiger partial charge in [0.15, 0.2) is 0 Å². The van der Waals surface area contributed by atoms with E-state index in [1.165, 1.54) is 11.1 Å². The van der Waals surface area contributed by atoms with Crippen molar-refractivity contribution in [1.82, 2.24) is 4.98 Å². The molecule has 1 heterocycles. The fourth-order valence-corrected chi connectivity index (χ4v) is 3.43. The lowest BCUT2D eigenvalue weighted by molar-refractivity contribution is 0.262. The van der Waals surface area contributed by atoms with Crippen LogP contribution in [-0.2, 0) is 0 Å². The molecule has 0 saturated heterocycles. The Morgan fingerprint density at radius 3 is 2.29 bits per heavy atom. The van der Waals surface area contributed by atoms with Crippen molar-refractivity contribution < 1.29 is 4.79 Å². The van der Waals surface area contributed by atoms with Crippen molar-refractivity contribution >= 4 is 28.3 Å². The van der Waals surface area contributed by atoms with Gasteiger partial charge in [0.05, 0.1) is 11.4 Å². The topological polar surface area (TPSA) is 56.9 Å². The number of H-pyrrole nitrogens is 1. The third kappa shape index (κ3) is 3.49. The van der Waals surface area contributed by atoms with Crippen LogP contribution in [0.2, 0.25) is 0 Å². The lowest BCUT2D eigenvalue weighted by atomic mass is 10.1. The first-order valence-corrected chi connectivity index (χ1v) is 9.34. The van der Waals surface area contributed by atoms with Gasteiger partial charge in [-0.15, -0.1) is 0 Å². The van der Waals surface area contributed by atoms with E-state index in [4.69, 9.17) is 0 Å². The van der Waals surface area contributed by atoms with Crippen LogP contribution in [-0.4, -0.2) is 11.0 Å². The molecule has 0 unspecified atom stereocenters. The zero-order valence-electron chi connectivity index (χ0n) is 16.3. The Labute approximate surface area is 164 Å². The predicted octanol–water partition coefficient (Wildman–Crippen LogP) is 6.40. The summed E-state index contributed by atoms with van der Waals surface area (Å²) in [6.07, 6.45) is 0. The second kappa shape index (κ2) is 7.24. The van der Waals surface area contributed by atoms with Crippen molar-refractivity contribution in [3.63, 3.8) is 0 Å². The molecule has 4 rings (SSSR count). The fourth-order valence-electron chi connectivity index (χ4n) is 3.43. The molecule has 3 aromatic carbocycles. The van der Waals surface area contributed by atoms with Gasteiger partial charge in [0.25, 0.3) is 0 Å². The summed E-state index contributed by atoms with van der Waals surface area (Å²) >= 11 is 0. The van der Waals surface area contributed by atoms with E-state index in [1.54, 1.807) is 0 Å². The van der Waals surface area contributed by atoms with Crippen LogP contribution in [0.3, 0.4) is 0 Å². The van der Waals surface area contributed by atoms with Gasteiger partial charge in [-0.3, -0.25) is 0 Å². The third-order valence-corrected chi connectivity index (χ3v) is 4.91. The van der Waals surface area contributed by atoms with E-state index in [1.807, 2.05) is 50.2 Å². The summed E-state index contributed by atoms with van der Waals surface area (Å²) in [5, 5.41) is 7.00. The molecule has 140 valence electrons. The first kappa shape index (κ1) is 17.9. The van der Waals surface area contributed by atoms with Gasteiger partial charge in [-0.1, -0.05) is 65.7 Å². The van der Waals surface area contributed by atoms with E-state index in [-0.39, 0.29) is 6.03 Å². The summed E-state index contributed by atoms with van der Waals surface area (Å²) in [5.74, 6) is 0. The Bertz CT molecular complexity index is 1160. The quantitative estimate of drug-likeness (QED) is 0.384. The number of benzene rings is 3. The highest BCUT2D eigenvalue weighted by molar-refractivity contribution is 6.10. The summed E-state index contributed by atoms with van der Waals surface area (Å²) in [4.78, 5) is 16.2. The fraction of sp³-hybridized carbons (Fsp3) is 0.125. The molecule has 3 N–H and O–H groups in total. The Hall–Kier alpha value is -3.53. The monoisotopic (exact) mass is 369 g/mol. The molecule has 0 bridgehead atoms. The first-order chi connectivity index (χ1) is 13.5. The maximum atomic E-state index is 12.8. The molecule has 28 heavy (non-hydrogen) atoms. The Balaban J connectivity index is 1.70. The molecule has 0 aliphatic rings. The van der Waals surface area contributed by atoms with Crippen LogP contribution in [0.25, 0.3) is 22.2 Å². The highest BCUT2D eigenvalue weighted by atomic mass is 16.2. The average Bonchev–Trinajstić information content (AvgIpc) is 3.03. The summed E-state index contributed by atoms with van der Waals surface area (Å²) in [5.41, 5.74) is 7.90. The highest BCUT2D eigenvalue weighted by Crippen LogP contribution is 2.35. The molecule has 0 saturated carbocycles. The van der Waals surface area contributed by atoms with Crippen LogP contribution >= 0.6 is 0 Å². The number of para-hydroxylation sites is 1. The van der Waals surface area contributed by atoms with Gasteiger partial charge >= 0.3 is 6.03 Å². The molecule has 0 atom stereocenters. The van der Waals surface area contributed by atoms with E-state index < -0.39 is 0 Å². The van der Waals surface area contributed by atoms with Crippen LogP contribution < -0.4 is 10.6 Å². The smallest absolute Gasteiger partial charge is 0.323 e. The van der Waals surface area contributed by atoms with E-state index in [0.29, 0.717) is 0 Å². The molecule has 2 amide bonds. The number of urea groups is 1. The van der Waals surface area contributed by atoms with Crippen molar-refractivity contribution in [2.75, 3.05) is 10.6 Å². The standard InChI is InChI=1S/C24H23N3O/c1-15-8-11-18(12-9-15)22-23(19-6-4-5-7-21(19)25-22)27-24(28)26-20-13-10-16(2)14-17(20)3/h4-14,25H,1-3H3,(H2,26,27,28). The van der Waals surface area contributed by atoms with E-state index in [2.05, 4.69) is 52.9 Å². The van der Waals surface area contributed by atoms with Gasteiger partial charge in [0.2, 0.25) is 0 Å². The first-order valence-electron chi connectivity index (χ1n) is 9.34. The predicted molar refractivity (Wildman–Crippen MR) is 117 cm³/mol. The van der Waals surface area contributed by atoms with Crippen molar-refractivity contribution in [1.29, 1.82) is 0 Å². The van der Waals surface area contributed by atoms with Crippen molar-refractivity contribution in [3.05, 3.63) is 83.4 Å². The molecule has 0 spiro atoms. The minimum absolute atomic E-state index is 0.259. The zero-order valence-corrected chi connectivity index (χ0v) is 16.3. The highest BCUT2D eigenvalue weighted by Gasteiger charge is 2.16. The molecule has 0 aliphatic heterocycles. The van der Waals surface area contributed by atoms with Gasteiger partial charge in [-0.25, -0.2) is 4.79 Å². The van der Waals surface area contributed by atoms with Crippen LogP contribution in [0.1, 0.15) is 16.7 Å². The normalized spacial score (nSPS) is 10.8. The van der Waals surface area contributed by atoms with Crippen molar-refractivity contribution in [2.45, 2.75) is 20.8 Å². The van der Waals surface area contributed by atoms with E-state index >= 15 is 0 Å². The maximum absolute atomic E-state index is 12.8. The van der Waals surface area contributed by atoms with Gasteiger partial charge in [0, 0.05) is 22.2 Å². The Kier molecular flexibility index (Phi) is 4.62. The van der Waals surface area contributed by atoms with Crippen molar-refractivity contribution in [2.24, 2.45) is 0 Å². The molecule has 4 heteroatoms. The lowest BCUT2D eigenvalue weighted by Gasteiger charge is -2.12. The lowest BCUT2D eigenvalue weighted by Crippen LogP contribution is -2.20. The van der Waals surface area contributed by atoms with Crippen molar-refractivity contribution in [3.8, 4) is 11.3 Å². The van der Waals surface area contributed by atoms with Crippen LogP contribution in [0, 0.1) is 20.8 Å². The number of aromatic amines is 1. The average molecular weight is 369 g/mol. The second-order valence-electron chi connectivity index (χ2n) is 7.18. The van der Waals surface area contributed by atoms with Gasteiger partial charge in [-0.05, 0) is 38.5 Å². The summed E-state index contributed by atoms with van der Waals surface area (Å²) in [6, 6.07) is 22.0. The number of hydrogen-bond donors (Lipinski definition) is 3. The number of aromatic nitrogens is 1. The summed E-state index contributed by atoms with van der Waals surface area (Å²) in [6.45, 7) is 6.09. The number of nitrogens with one attached hydrogen (secondary N) is 3. The summed E-state index contributed by atoms with van der Waals surface area (Å²) in [7, 11) is 0. The summed E-state index contributed by atoms with van der Waals surface area (Å²) < 4.78 is 0. The largest absolute Gasteiger partial charge is 0.353 e. The number of anilines is 2. The molecule has 4 aromatic rings. The van der Waals surface area contributed by atoms with Gasteiger partial charge in [0.1, 0.15) is 0 Å². The third-order valence-electron chi connectivity index (χ3n) is 4.91. The van der Waals surface area contributed by atoms with Crippen LogP contribution in [0.15, 0.2) is 66.7 Å². The van der Waals surface area contributed by atoms with Crippen LogP contribution in [0.5, 0.6) is 0 Å². The SMILES string of the molecule is Cc1ccc(-c2[nH]c3ccccc3c2NC(=O)Nc2ccc(C)cc2C)cc1. The zero-order chi connectivity index (χ0) is 19.7. The minimum Gasteiger partial charge on any atom is -0.353 e. The number of carbonyl (C=O) groups excluding carboxylic acids is 1. The molecular formula is C24H23N3O. The van der Waals surface area contributed by atoms with Gasteiger partial charge in [-0.2, -0.15) is 0 Å². The Morgan fingerprint density at radius 2 is 1.54 bits per heavy atom. The molecular weight excluding hydrogens is 346 g/mol. The second-order valence-corrected chi connectivity index (χ2v) is 7.18. The molecule has 0 fully saturated rings. The maximum Gasteiger partial charge on any atom is 0.323 e. The van der Waals surface area contributed by atoms with E-state index in [9.17, 15) is 4.79 Å². The number of hydrogen-bond acceptors (Lipinski definition) is 1. The number of amides is 2. The minimum atomic E-state index is -0.259. The molecule has 1 aromatic heterocycles. The molecule has 0 aliphatic carbocycles. The Morgan fingerprint density at radius 1 is 0.821 bits per heavy atom. The van der Waals surface area contributed by atoms with Crippen LogP contribution in [0.4, 0.5) is 16.2 Å². The number of rotatable bonds is 3. The number of carbonyl (C=O) groups is 1. The molecule has 0 radical (unpaired) electrons. The number of aryl methyl sites for hydroxylation is 3.